The molecule has 1 N–H and O–H groups in total. The average molecular weight is 256 g/mol. The molecule has 0 bridgehead atoms. The van der Waals surface area contributed by atoms with Crippen molar-refractivity contribution < 1.29 is 9.53 Å². The fraction of sp³-hybridized carbons (Fsp3) is 0.462. The molecule has 1 aromatic carbocycles. The first kappa shape index (κ1) is 13.8. The Morgan fingerprint density at radius 1 is 1.47 bits per heavy atom. The Bertz CT molecular complexity index is 393. The number of rotatable bonds is 5. The quantitative estimate of drug-likeness (QED) is 0.821. The molecule has 0 aliphatic carbocycles. The van der Waals surface area contributed by atoms with Crippen LogP contribution in [0.2, 0.25) is 0 Å². The molecule has 1 rings (SSSR count). The number of ether oxygens (including phenoxy) is 1. The summed E-state index contributed by atoms with van der Waals surface area (Å²) < 4.78 is 5.76. The second-order valence-corrected chi connectivity index (χ2v) is 4.33. The van der Waals surface area contributed by atoms with E-state index in [2.05, 4.69) is 5.32 Å². The van der Waals surface area contributed by atoms with Gasteiger partial charge in [-0.15, -0.1) is 11.6 Å². The van der Waals surface area contributed by atoms with Gasteiger partial charge in [-0.05, 0) is 38.0 Å². The van der Waals surface area contributed by atoms with Gasteiger partial charge in [0.25, 0.3) is 0 Å². The maximum Gasteiger partial charge on any atom is 0.235 e. The molecule has 0 aliphatic heterocycles. The van der Waals surface area contributed by atoms with E-state index in [0.29, 0.717) is 6.54 Å². The van der Waals surface area contributed by atoms with Crippen LogP contribution in [0.1, 0.15) is 18.1 Å². The van der Waals surface area contributed by atoms with Gasteiger partial charge in [0.1, 0.15) is 17.7 Å². The van der Waals surface area contributed by atoms with Gasteiger partial charge in [0.2, 0.25) is 5.91 Å². The highest BCUT2D eigenvalue weighted by Gasteiger charge is 2.08. The van der Waals surface area contributed by atoms with E-state index in [1.807, 2.05) is 39.0 Å². The fourth-order valence-electron chi connectivity index (χ4n) is 1.42. The zero-order chi connectivity index (χ0) is 12.8. The van der Waals surface area contributed by atoms with Crippen molar-refractivity contribution in [2.45, 2.75) is 26.9 Å². The van der Waals surface area contributed by atoms with Crippen LogP contribution in [-0.4, -0.2) is 24.4 Å². The molecule has 94 valence electrons. The number of hydrogen-bond acceptors (Lipinski definition) is 2. The minimum Gasteiger partial charge on any atom is -0.489 e. The van der Waals surface area contributed by atoms with Gasteiger partial charge >= 0.3 is 0 Å². The summed E-state index contributed by atoms with van der Waals surface area (Å²) in [4.78, 5) is 11.0. The van der Waals surface area contributed by atoms with Crippen LogP contribution >= 0.6 is 11.6 Å². The van der Waals surface area contributed by atoms with E-state index >= 15 is 0 Å². The zero-order valence-electron chi connectivity index (χ0n) is 10.4. The smallest absolute Gasteiger partial charge is 0.235 e. The lowest BCUT2D eigenvalue weighted by Crippen LogP contribution is -2.34. The number of carbonyl (C=O) groups excluding carboxylic acids is 1. The van der Waals surface area contributed by atoms with Gasteiger partial charge in [0.15, 0.2) is 0 Å². The summed E-state index contributed by atoms with van der Waals surface area (Å²) in [6.07, 6.45) is -0.0809. The van der Waals surface area contributed by atoms with E-state index < -0.39 is 0 Å². The van der Waals surface area contributed by atoms with E-state index in [-0.39, 0.29) is 17.9 Å². The second-order valence-electron chi connectivity index (χ2n) is 4.06. The molecule has 1 atom stereocenters. The number of alkyl halides is 1. The molecule has 4 heteroatoms. The Balaban J connectivity index is 2.53. The molecule has 0 fully saturated rings. The van der Waals surface area contributed by atoms with Crippen LogP contribution in [0.4, 0.5) is 0 Å². The Labute approximate surface area is 107 Å². The lowest BCUT2D eigenvalue weighted by molar-refractivity contribution is -0.119. The fourth-order valence-corrected chi connectivity index (χ4v) is 1.51. The molecule has 0 aromatic heterocycles. The zero-order valence-corrected chi connectivity index (χ0v) is 11.2. The third-order valence-electron chi connectivity index (χ3n) is 2.59. The summed E-state index contributed by atoms with van der Waals surface area (Å²) >= 11 is 5.39. The summed E-state index contributed by atoms with van der Waals surface area (Å²) in [5.41, 5.74) is 2.32. The predicted molar refractivity (Wildman–Crippen MR) is 69.7 cm³/mol. The van der Waals surface area contributed by atoms with Crippen LogP contribution in [0.15, 0.2) is 18.2 Å². The molecule has 1 aromatic rings. The lowest BCUT2D eigenvalue weighted by atomic mass is 10.1. The maximum absolute atomic E-state index is 11.0. The van der Waals surface area contributed by atoms with Crippen molar-refractivity contribution in [1.29, 1.82) is 0 Å². The van der Waals surface area contributed by atoms with E-state index in [4.69, 9.17) is 16.3 Å². The lowest BCUT2D eigenvalue weighted by Gasteiger charge is -2.17. The minimum atomic E-state index is -0.178. The van der Waals surface area contributed by atoms with Crippen LogP contribution < -0.4 is 10.1 Å². The summed E-state index contributed by atoms with van der Waals surface area (Å²) in [6, 6.07) is 5.94. The Morgan fingerprint density at radius 3 is 2.82 bits per heavy atom. The molecular weight excluding hydrogens is 238 g/mol. The van der Waals surface area contributed by atoms with Gasteiger partial charge in [0.05, 0.1) is 6.54 Å². The van der Waals surface area contributed by atoms with Crippen molar-refractivity contribution in [3.05, 3.63) is 29.3 Å². The molecule has 0 aliphatic rings. The molecule has 1 unspecified atom stereocenters. The SMILES string of the molecule is Cc1cccc(OC(C)CNC(=O)CCl)c1C. The Hall–Kier alpha value is -1.22. The Kier molecular flexibility index (Phi) is 5.29. The highest BCUT2D eigenvalue weighted by atomic mass is 35.5. The average Bonchev–Trinajstić information content (AvgIpc) is 2.32. The van der Waals surface area contributed by atoms with Crippen molar-refractivity contribution in [1.82, 2.24) is 5.32 Å². The molecule has 3 nitrogen and oxygen atoms in total. The minimum absolute atomic E-state index is 0.0177. The van der Waals surface area contributed by atoms with Crippen molar-refractivity contribution in [2.75, 3.05) is 12.4 Å². The molecule has 0 radical (unpaired) electrons. The molecule has 0 saturated heterocycles. The predicted octanol–water partition coefficient (Wildman–Crippen LogP) is 2.43. The molecule has 17 heavy (non-hydrogen) atoms. The number of halogens is 1. The van der Waals surface area contributed by atoms with Crippen LogP contribution in [-0.2, 0) is 4.79 Å². The summed E-state index contributed by atoms with van der Waals surface area (Å²) in [7, 11) is 0. The van der Waals surface area contributed by atoms with Crippen LogP contribution in [0.25, 0.3) is 0 Å². The van der Waals surface area contributed by atoms with E-state index in [1.165, 1.54) is 5.56 Å². The second kappa shape index (κ2) is 6.50. The number of hydrogen-bond donors (Lipinski definition) is 1. The number of benzene rings is 1. The normalized spacial score (nSPS) is 12.0. The largest absolute Gasteiger partial charge is 0.489 e. The molecule has 0 heterocycles. The first-order valence-corrected chi connectivity index (χ1v) is 6.13. The molecule has 1 amide bonds. The van der Waals surface area contributed by atoms with Crippen molar-refractivity contribution in [2.24, 2.45) is 0 Å². The van der Waals surface area contributed by atoms with Gasteiger partial charge in [-0.3, -0.25) is 4.79 Å². The number of amides is 1. The Morgan fingerprint density at radius 2 is 2.18 bits per heavy atom. The maximum atomic E-state index is 11.0. The van der Waals surface area contributed by atoms with Crippen LogP contribution in [0.5, 0.6) is 5.75 Å². The third-order valence-corrected chi connectivity index (χ3v) is 2.83. The topological polar surface area (TPSA) is 38.3 Å². The highest BCUT2D eigenvalue weighted by molar-refractivity contribution is 6.27. The first-order chi connectivity index (χ1) is 8.04. The summed E-state index contributed by atoms with van der Waals surface area (Å²) in [5, 5.41) is 2.69. The number of nitrogens with one attached hydrogen (secondary N) is 1. The molecular formula is C13H18ClNO2. The van der Waals surface area contributed by atoms with Crippen molar-refractivity contribution in [3.8, 4) is 5.75 Å². The van der Waals surface area contributed by atoms with E-state index in [1.54, 1.807) is 0 Å². The number of aryl methyl sites for hydroxylation is 1. The summed E-state index contributed by atoms with van der Waals surface area (Å²) in [5.74, 6) is 0.664. The third kappa shape index (κ3) is 4.27. The first-order valence-electron chi connectivity index (χ1n) is 5.60. The number of carbonyl (C=O) groups is 1. The van der Waals surface area contributed by atoms with E-state index in [9.17, 15) is 4.79 Å². The van der Waals surface area contributed by atoms with Crippen LogP contribution in [0.3, 0.4) is 0 Å². The molecule has 0 saturated carbocycles. The van der Waals surface area contributed by atoms with Crippen LogP contribution in [0, 0.1) is 13.8 Å². The van der Waals surface area contributed by atoms with Crippen molar-refractivity contribution in [3.63, 3.8) is 0 Å². The summed E-state index contributed by atoms with van der Waals surface area (Å²) in [6.45, 7) is 6.44. The van der Waals surface area contributed by atoms with Gasteiger partial charge in [-0.1, -0.05) is 12.1 Å². The highest BCUT2D eigenvalue weighted by Crippen LogP contribution is 2.21. The van der Waals surface area contributed by atoms with Gasteiger partial charge in [-0.2, -0.15) is 0 Å². The molecule has 0 spiro atoms. The van der Waals surface area contributed by atoms with Gasteiger partial charge in [-0.25, -0.2) is 0 Å². The van der Waals surface area contributed by atoms with Crippen molar-refractivity contribution >= 4 is 17.5 Å². The van der Waals surface area contributed by atoms with E-state index in [0.717, 1.165) is 11.3 Å². The van der Waals surface area contributed by atoms with Gasteiger partial charge in [0, 0.05) is 0 Å². The standard InChI is InChI=1S/C13H18ClNO2/c1-9-5-4-6-12(11(9)3)17-10(2)8-15-13(16)7-14/h4-6,10H,7-8H2,1-3H3,(H,15,16). The van der Waals surface area contributed by atoms with Gasteiger partial charge < -0.3 is 10.1 Å². The monoisotopic (exact) mass is 255 g/mol.